The molecule has 0 aliphatic rings. The maximum Gasteiger partial charge on any atom is 0.142 e. The quantitative estimate of drug-likeness (QED) is 0.675. The highest BCUT2D eigenvalue weighted by Crippen LogP contribution is 2.31. The van der Waals surface area contributed by atoms with Crippen LogP contribution in [0.15, 0.2) is 17.0 Å². The zero-order valence-electron chi connectivity index (χ0n) is 5.70. The molecule has 0 bridgehead atoms. The van der Waals surface area contributed by atoms with Crippen molar-refractivity contribution in [3.63, 3.8) is 0 Å². The normalized spacial score (nSPS) is 10.2. The van der Waals surface area contributed by atoms with Gasteiger partial charge in [-0.05, 0) is 46.3 Å². The third-order valence-electron chi connectivity index (χ3n) is 1.37. The van der Waals surface area contributed by atoms with E-state index in [0.29, 0.717) is 5.56 Å². The van der Waals surface area contributed by atoms with Gasteiger partial charge in [0.2, 0.25) is 0 Å². The largest absolute Gasteiger partial charge is 0.205 e. The molecule has 4 heteroatoms. The van der Waals surface area contributed by atoms with Crippen molar-refractivity contribution in [2.45, 2.75) is 11.8 Å². The van der Waals surface area contributed by atoms with E-state index in [2.05, 4.69) is 0 Å². The highest BCUT2D eigenvalue weighted by Gasteiger charge is 2.06. The summed E-state index contributed by atoms with van der Waals surface area (Å²) >= 11 is 5.61. The molecule has 0 radical (unpaired) electrons. The Bertz CT molecular complexity index is 275. The minimum Gasteiger partial charge on any atom is -0.205 e. The summed E-state index contributed by atoms with van der Waals surface area (Å²) in [5, 5.41) is 0.149. The Kier molecular flexibility index (Phi) is 3.05. The van der Waals surface area contributed by atoms with Gasteiger partial charge in [-0.15, -0.1) is 0 Å². The molecule has 0 atom stereocenters. The molecule has 0 N–H and O–H groups in total. The molecule has 0 aromatic heterocycles. The van der Waals surface area contributed by atoms with E-state index in [9.17, 15) is 4.39 Å². The molecule has 0 amide bonds. The van der Waals surface area contributed by atoms with Crippen LogP contribution in [-0.4, -0.2) is 0 Å². The van der Waals surface area contributed by atoms with Crippen LogP contribution in [0.3, 0.4) is 0 Å². The van der Waals surface area contributed by atoms with Crippen molar-refractivity contribution < 1.29 is 4.39 Å². The van der Waals surface area contributed by atoms with Gasteiger partial charge in [0.25, 0.3) is 0 Å². The van der Waals surface area contributed by atoms with Gasteiger partial charge in [-0.2, -0.15) is 0 Å². The number of hydrogen-bond acceptors (Lipinski definition) is 1. The fraction of sp³-hybridized carbons (Fsp3) is 0.143. The molecule has 0 heterocycles. The van der Waals surface area contributed by atoms with Crippen LogP contribution < -0.4 is 0 Å². The van der Waals surface area contributed by atoms with Gasteiger partial charge < -0.3 is 0 Å². The summed E-state index contributed by atoms with van der Waals surface area (Å²) in [6.07, 6.45) is 0. The van der Waals surface area contributed by atoms with E-state index in [1.807, 2.05) is 0 Å². The minimum absolute atomic E-state index is 0.149. The van der Waals surface area contributed by atoms with Crippen LogP contribution in [0.4, 0.5) is 4.39 Å². The Hall–Kier alpha value is 0.0800. The summed E-state index contributed by atoms with van der Waals surface area (Å²) in [5.41, 5.74) is 0.687. The molecule has 0 nitrogen and oxygen atoms in total. The van der Waals surface area contributed by atoms with Gasteiger partial charge in [-0.3, -0.25) is 0 Å². The summed E-state index contributed by atoms with van der Waals surface area (Å²) in [4.78, 5) is 0.790. The van der Waals surface area contributed by atoms with Crippen molar-refractivity contribution in [1.82, 2.24) is 0 Å². The highest BCUT2D eigenvalue weighted by atomic mass is 35.7. The first-order valence-electron chi connectivity index (χ1n) is 2.90. The molecule has 0 saturated carbocycles. The summed E-state index contributed by atoms with van der Waals surface area (Å²) in [6.45, 7) is 1.73. The maximum absolute atomic E-state index is 12.7. The molecule has 1 rings (SSSR count). The fourth-order valence-electron chi connectivity index (χ4n) is 0.718. The molecule has 11 heavy (non-hydrogen) atoms. The number of rotatable bonds is 1. The number of hydrogen-bond donors (Lipinski definition) is 0. The smallest absolute Gasteiger partial charge is 0.142 e. The van der Waals surface area contributed by atoms with Gasteiger partial charge in [0.05, 0.1) is 5.02 Å². The van der Waals surface area contributed by atoms with Crippen LogP contribution in [0.1, 0.15) is 5.56 Å². The second kappa shape index (κ2) is 3.65. The molecule has 0 aliphatic carbocycles. The van der Waals surface area contributed by atoms with E-state index in [1.54, 1.807) is 13.0 Å². The second-order valence-corrected chi connectivity index (χ2v) is 3.50. The number of benzene rings is 1. The van der Waals surface area contributed by atoms with Gasteiger partial charge in [-0.25, -0.2) is 4.39 Å². The van der Waals surface area contributed by atoms with Crippen molar-refractivity contribution in [2.24, 2.45) is 0 Å². The molecule has 0 aliphatic heterocycles. The van der Waals surface area contributed by atoms with E-state index in [4.69, 9.17) is 22.3 Å². The molecule has 60 valence electrons. The van der Waals surface area contributed by atoms with Crippen LogP contribution in [0.5, 0.6) is 0 Å². The summed E-state index contributed by atoms with van der Waals surface area (Å²) < 4.78 is 12.7. The van der Waals surface area contributed by atoms with E-state index in [-0.39, 0.29) is 5.02 Å². The summed E-state index contributed by atoms with van der Waals surface area (Å²) in [5.74, 6) is -0.404. The third-order valence-corrected chi connectivity index (χ3v) is 2.94. The summed E-state index contributed by atoms with van der Waals surface area (Å²) in [6, 6.07) is 2.91. The minimum atomic E-state index is -0.404. The predicted molar refractivity (Wildman–Crippen MR) is 47.9 cm³/mol. The molecule has 0 unspecified atom stereocenters. The van der Waals surface area contributed by atoms with Crippen LogP contribution in [-0.2, 0) is 0 Å². The third kappa shape index (κ3) is 1.81. The first kappa shape index (κ1) is 9.17. The zero-order chi connectivity index (χ0) is 8.43. The maximum atomic E-state index is 12.7. The summed E-state index contributed by atoms with van der Waals surface area (Å²) in [7, 11) is 6.53. The van der Waals surface area contributed by atoms with Gasteiger partial charge in [0.15, 0.2) is 0 Å². The molecule has 0 fully saturated rings. The van der Waals surface area contributed by atoms with Crippen molar-refractivity contribution in [1.29, 1.82) is 0 Å². The van der Waals surface area contributed by atoms with Crippen LogP contribution in [0.2, 0.25) is 5.02 Å². The van der Waals surface area contributed by atoms with E-state index < -0.39 is 5.82 Å². The molecular formula is C7H5Cl2FS. The molecule has 0 saturated heterocycles. The number of halogens is 3. The Morgan fingerprint density at radius 2 is 2.09 bits per heavy atom. The van der Waals surface area contributed by atoms with Crippen LogP contribution >= 0.6 is 33.3 Å². The Labute approximate surface area is 78.2 Å². The standard InChI is InChI=1S/C7H5Cl2FS/c1-4-6(11-9)3-2-5(10)7(4)8/h2-3H,1H3. The Morgan fingerprint density at radius 3 is 2.64 bits per heavy atom. The average molecular weight is 211 g/mol. The van der Waals surface area contributed by atoms with Crippen molar-refractivity contribution >= 4 is 33.3 Å². The Balaban J connectivity index is 3.25. The lowest BCUT2D eigenvalue weighted by Gasteiger charge is -2.02. The lowest BCUT2D eigenvalue weighted by atomic mass is 10.2. The van der Waals surface area contributed by atoms with Gasteiger partial charge in [-0.1, -0.05) is 11.6 Å². The van der Waals surface area contributed by atoms with E-state index >= 15 is 0 Å². The monoisotopic (exact) mass is 210 g/mol. The van der Waals surface area contributed by atoms with E-state index in [0.717, 1.165) is 15.9 Å². The van der Waals surface area contributed by atoms with Crippen molar-refractivity contribution in [2.75, 3.05) is 0 Å². The predicted octanol–water partition coefficient (Wildman–Crippen LogP) is 4.03. The second-order valence-electron chi connectivity index (χ2n) is 2.06. The SMILES string of the molecule is Cc1c(SCl)ccc(F)c1Cl. The first-order valence-corrected chi connectivity index (χ1v) is 4.92. The molecule has 0 spiro atoms. The average Bonchev–Trinajstić information content (AvgIpc) is 2.01. The van der Waals surface area contributed by atoms with E-state index in [1.165, 1.54) is 6.07 Å². The van der Waals surface area contributed by atoms with Gasteiger partial charge in [0.1, 0.15) is 5.82 Å². The van der Waals surface area contributed by atoms with Gasteiger partial charge in [0, 0.05) is 4.90 Å². The van der Waals surface area contributed by atoms with Gasteiger partial charge >= 0.3 is 0 Å². The molecule has 1 aromatic rings. The Morgan fingerprint density at radius 1 is 1.45 bits per heavy atom. The topological polar surface area (TPSA) is 0 Å². The first-order chi connectivity index (χ1) is 5.16. The molecule has 1 aromatic carbocycles. The lowest BCUT2D eigenvalue weighted by molar-refractivity contribution is 0.625. The highest BCUT2D eigenvalue weighted by molar-refractivity contribution is 8.21. The van der Waals surface area contributed by atoms with Crippen molar-refractivity contribution in [3.05, 3.63) is 28.5 Å². The molecular weight excluding hydrogens is 206 g/mol. The fourth-order valence-corrected chi connectivity index (χ4v) is 1.78. The van der Waals surface area contributed by atoms with Crippen LogP contribution in [0, 0.1) is 12.7 Å². The van der Waals surface area contributed by atoms with Crippen LogP contribution in [0.25, 0.3) is 0 Å². The van der Waals surface area contributed by atoms with Crippen molar-refractivity contribution in [3.8, 4) is 0 Å². The lowest BCUT2D eigenvalue weighted by Crippen LogP contribution is -1.83. The zero-order valence-corrected chi connectivity index (χ0v) is 8.03.